The summed E-state index contributed by atoms with van der Waals surface area (Å²) in [5, 5.41) is 9.82. The molecule has 12 nitrogen and oxygen atoms in total. The van der Waals surface area contributed by atoms with Gasteiger partial charge in [0.25, 0.3) is 20.1 Å². The molecule has 25 aromatic rings. The van der Waals surface area contributed by atoms with Crippen molar-refractivity contribution in [2.75, 3.05) is 0 Å². The zero-order valence-electron chi connectivity index (χ0n) is 73.7. The molecule has 0 bridgehead atoms. The van der Waals surface area contributed by atoms with Crippen LogP contribution in [0.2, 0.25) is 0 Å². The van der Waals surface area contributed by atoms with E-state index in [0.717, 1.165) is 175 Å². The molecule has 0 unspecified atom stereocenters. The van der Waals surface area contributed by atoms with Gasteiger partial charge in [0, 0.05) is 107 Å². The van der Waals surface area contributed by atoms with Crippen LogP contribution in [0, 0.1) is 0 Å². The van der Waals surface area contributed by atoms with Crippen molar-refractivity contribution >= 4 is 157 Å². The summed E-state index contributed by atoms with van der Waals surface area (Å²) in [5.74, 6) is 10.3. The molecule has 638 valence electrons. The van der Waals surface area contributed by atoms with E-state index < -0.39 is 0 Å². The average molecular weight is 1750 g/mol. The van der Waals surface area contributed by atoms with E-state index in [1.54, 1.807) is 0 Å². The lowest BCUT2D eigenvalue weighted by Crippen LogP contribution is -2.57. The van der Waals surface area contributed by atoms with Gasteiger partial charge in [-0.3, -0.25) is 0 Å². The van der Waals surface area contributed by atoms with Gasteiger partial charge in [0.1, 0.15) is 69.0 Å². The molecule has 6 aromatic heterocycles. The summed E-state index contributed by atoms with van der Waals surface area (Å²) >= 11 is 0. The maximum absolute atomic E-state index is 6.68. The SMILES string of the molecule is c1cc2c3c(c1)Oc1cc(-n4c5ccccc5c5ccccc54)ccc1B3c1ccc(-n3c4ccccc4c4ccccc43)cc1O2.c1cc2c3c(c1)Oc1ccc(-n4ccc5ccccc54)cc1B3c1cc(-n3ccc4ccccc43)ccc1O2.c1ccc(-n2c(-c3ccc4c(c3)B3c5cc(-c6cc7ccccc7n6-c6ccccc6)ccc5Oc5cccc(c53)O4)cc3ccccc32)cc1. The van der Waals surface area contributed by atoms with Gasteiger partial charge < -0.3 is 55.8 Å². The molecule has 0 spiro atoms. The lowest BCUT2D eigenvalue weighted by Gasteiger charge is -2.33. The van der Waals surface area contributed by atoms with Crippen molar-refractivity contribution in [1.29, 1.82) is 0 Å². The molecule has 0 radical (unpaired) electrons. The van der Waals surface area contributed by atoms with Gasteiger partial charge in [0.2, 0.25) is 0 Å². The molecule has 0 saturated heterocycles. The van der Waals surface area contributed by atoms with E-state index in [9.17, 15) is 0 Å². The molecule has 0 amide bonds. The molecule has 6 aliphatic rings. The van der Waals surface area contributed by atoms with Gasteiger partial charge in [-0.25, -0.2) is 0 Å². The molecule has 0 atom stereocenters. The van der Waals surface area contributed by atoms with E-state index in [0.29, 0.717) is 0 Å². The van der Waals surface area contributed by atoms with E-state index in [1.807, 2.05) is 30.3 Å². The minimum atomic E-state index is -0.0762. The number of fused-ring (bicyclic) bond motifs is 22. The van der Waals surface area contributed by atoms with Crippen LogP contribution < -0.4 is 77.6 Å². The second-order valence-corrected chi connectivity index (χ2v) is 36.1. The molecular weight excluding hydrogens is 1680 g/mol. The fourth-order valence-corrected chi connectivity index (χ4v) is 22.6. The Labute approximate surface area is 787 Å². The highest BCUT2D eigenvalue weighted by molar-refractivity contribution is 6.99. The van der Waals surface area contributed by atoms with Crippen LogP contribution in [0.1, 0.15) is 0 Å². The van der Waals surface area contributed by atoms with Crippen LogP contribution in [0.4, 0.5) is 0 Å². The van der Waals surface area contributed by atoms with Crippen LogP contribution in [0.3, 0.4) is 0 Å². The van der Waals surface area contributed by atoms with E-state index in [1.165, 1.54) is 87.2 Å². The number of para-hydroxylation sites is 10. The van der Waals surface area contributed by atoms with E-state index in [2.05, 4.69) is 452 Å². The lowest BCUT2D eigenvalue weighted by atomic mass is 9.34. The molecule has 0 fully saturated rings. The quantitative estimate of drug-likeness (QED) is 0.141. The third kappa shape index (κ3) is 12.0. The fourth-order valence-electron chi connectivity index (χ4n) is 22.6. The highest BCUT2D eigenvalue weighted by Crippen LogP contribution is 2.45. The Bertz CT molecular complexity index is 8760. The summed E-state index contributed by atoms with van der Waals surface area (Å²) in [7, 11) is 0. The Kier molecular flexibility index (Phi) is 16.9. The van der Waals surface area contributed by atoms with Crippen molar-refractivity contribution in [1.82, 2.24) is 27.4 Å². The van der Waals surface area contributed by atoms with Crippen LogP contribution in [-0.2, 0) is 0 Å². The second-order valence-electron chi connectivity index (χ2n) is 36.1. The first-order valence-electron chi connectivity index (χ1n) is 46.6. The van der Waals surface area contributed by atoms with E-state index in [-0.39, 0.29) is 20.1 Å². The molecule has 0 aliphatic carbocycles. The fraction of sp³-hybridized carbons (Fsp3) is 0. The number of benzene rings is 19. The molecule has 19 aromatic carbocycles. The van der Waals surface area contributed by atoms with Crippen LogP contribution in [-0.4, -0.2) is 47.5 Å². The van der Waals surface area contributed by atoms with Crippen molar-refractivity contribution in [2.45, 2.75) is 0 Å². The second kappa shape index (κ2) is 30.2. The van der Waals surface area contributed by atoms with Gasteiger partial charge in [-0.2, -0.15) is 0 Å². The molecule has 31 rings (SSSR count). The lowest BCUT2D eigenvalue weighted by molar-refractivity contribution is 0.464. The van der Waals surface area contributed by atoms with Crippen molar-refractivity contribution in [3.8, 4) is 126 Å². The Hall–Kier alpha value is -18.1. The number of aromatic nitrogens is 6. The molecule has 12 heterocycles. The molecular formula is C122H75B3N6O6. The molecule has 0 N–H and O–H groups in total. The largest absolute Gasteiger partial charge is 0.458 e. The van der Waals surface area contributed by atoms with Gasteiger partial charge in [0.15, 0.2) is 0 Å². The highest BCUT2D eigenvalue weighted by atomic mass is 16.5. The first-order chi connectivity index (χ1) is 67.9. The first kappa shape index (κ1) is 76.6. The molecule has 6 aliphatic heterocycles. The Morgan fingerprint density at radius 3 is 0.825 bits per heavy atom. The zero-order chi connectivity index (χ0) is 89.6. The molecule has 137 heavy (non-hydrogen) atoms. The Morgan fingerprint density at radius 1 is 0.161 bits per heavy atom. The number of nitrogens with zero attached hydrogens (tertiary/aromatic N) is 6. The topological polar surface area (TPSA) is 85.0 Å². The van der Waals surface area contributed by atoms with Gasteiger partial charge in [-0.15, -0.1) is 0 Å². The van der Waals surface area contributed by atoms with Gasteiger partial charge in [0.05, 0.1) is 55.5 Å². The predicted octanol–water partition coefficient (Wildman–Crippen LogP) is 24.5. The minimum Gasteiger partial charge on any atom is -0.458 e. The van der Waals surface area contributed by atoms with Crippen molar-refractivity contribution < 1.29 is 28.4 Å². The number of rotatable bonds is 8. The third-order valence-corrected chi connectivity index (χ3v) is 28.6. The van der Waals surface area contributed by atoms with E-state index >= 15 is 0 Å². The van der Waals surface area contributed by atoms with E-state index in [4.69, 9.17) is 28.4 Å². The average Bonchev–Trinajstić information content (AvgIpc) is 1.42. The Balaban J connectivity index is 0.000000100. The van der Waals surface area contributed by atoms with Crippen molar-refractivity contribution in [2.24, 2.45) is 0 Å². The Morgan fingerprint density at radius 2 is 0.453 bits per heavy atom. The number of hydrogen-bond donors (Lipinski definition) is 0. The summed E-state index contributed by atoms with van der Waals surface area (Å²) in [4.78, 5) is 0. The van der Waals surface area contributed by atoms with Gasteiger partial charge in [-0.1, -0.05) is 224 Å². The normalized spacial score (nSPS) is 12.8. The molecule has 0 saturated carbocycles. The summed E-state index contributed by atoms with van der Waals surface area (Å²) in [6, 6.07) is 157. The maximum Gasteiger partial charge on any atom is 0.260 e. The van der Waals surface area contributed by atoms with Gasteiger partial charge >= 0.3 is 0 Å². The zero-order valence-corrected chi connectivity index (χ0v) is 73.7. The summed E-state index contributed by atoms with van der Waals surface area (Å²) < 4.78 is 53.5. The van der Waals surface area contributed by atoms with Crippen LogP contribution in [0.25, 0.3) is 144 Å². The smallest absolute Gasteiger partial charge is 0.260 e. The standard InChI is InChI=1S/C46H29BN2O2.C42H25BN2O2.C34H21BN2O2/c1-3-14-34(15-4-1)48-38-18-9-7-12-30(38)28-40(48)32-22-24-42-36(26-32)47-37-27-33(23-25-43(37)51-45-21-11-20-44(50-42)46(45)47)41-29-31-13-8-10-19-39(31)49(41)35-16-5-2-6-17-35;1-5-14-34-28(10-1)29-11-2-6-15-35(29)44(34)26-20-22-32-40(24-26)46-38-18-9-19-39-42(38)43(32)33-23-21-27(25-41(33)47-39)45-36-16-7-3-12-30(36)31-13-4-8-17-37(31)45;1-3-8-28-22(6-1)16-18-36(28)24-12-14-30-26(20-24)35-27-21-25(37-19-17-23-7-2-4-9-29(23)37)13-15-31(27)39-33-11-5-10-32(38-30)34(33)35/h1-29H;1-25H;1-21H. The maximum atomic E-state index is 6.68. The third-order valence-electron chi connectivity index (χ3n) is 28.6. The summed E-state index contributed by atoms with van der Waals surface area (Å²) in [6.07, 6.45) is 4.28. The van der Waals surface area contributed by atoms with Crippen molar-refractivity contribution in [3.63, 3.8) is 0 Å². The monoisotopic (exact) mass is 1750 g/mol. The predicted molar refractivity (Wildman–Crippen MR) is 559 cm³/mol. The molecule has 15 heteroatoms. The van der Waals surface area contributed by atoms with Gasteiger partial charge in [-0.05, 0) is 261 Å². The van der Waals surface area contributed by atoms with Crippen LogP contribution in [0.5, 0.6) is 69.0 Å². The number of ether oxygens (including phenoxy) is 6. The number of hydrogen-bond acceptors (Lipinski definition) is 6. The summed E-state index contributed by atoms with van der Waals surface area (Å²) in [6.45, 7) is -0.0898. The van der Waals surface area contributed by atoms with Crippen LogP contribution >= 0.6 is 0 Å². The first-order valence-corrected chi connectivity index (χ1v) is 46.6. The summed E-state index contributed by atoms with van der Waals surface area (Å²) in [5.41, 5.74) is 30.7. The van der Waals surface area contributed by atoms with Crippen molar-refractivity contribution in [3.05, 3.63) is 455 Å². The van der Waals surface area contributed by atoms with Crippen LogP contribution in [0.15, 0.2) is 455 Å². The minimum absolute atomic E-state index is 0.00639. The highest BCUT2D eigenvalue weighted by Gasteiger charge is 2.45.